The van der Waals surface area contributed by atoms with Crippen LogP contribution in [0.4, 0.5) is 0 Å². The molecule has 1 aromatic carbocycles. The van der Waals surface area contributed by atoms with E-state index in [4.69, 9.17) is 16.6 Å². The van der Waals surface area contributed by atoms with Crippen LogP contribution in [0.25, 0.3) is 5.69 Å². The van der Waals surface area contributed by atoms with Crippen molar-refractivity contribution < 1.29 is 14.7 Å². The van der Waals surface area contributed by atoms with Gasteiger partial charge in [-0.1, -0.05) is 6.07 Å². The molecule has 22 heavy (non-hydrogen) atoms. The molecule has 0 aliphatic rings. The quantitative estimate of drug-likeness (QED) is 0.559. The number of aliphatic imine (C=N–C) groups is 1. The first-order valence-electron chi connectivity index (χ1n) is 6.60. The van der Waals surface area contributed by atoms with Crippen molar-refractivity contribution in [1.82, 2.24) is 4.57 Å². The van der Waals surface area contributed by atoms with Crippen molar-refractivity contribution >= 4 is 17.8 Å². The molecule has 0 saturated heterocycles. The van der Waals surface area contributed by atoms with E-state index >= 15 is 0 Å². The third kappa shape index (κ3) is 3.72. The maximum Gasteiger partial charge on any atom is 0.303 e. The van der Waals surface area contributed by atoms with Crippen molar-refractivity contribution in [2.75, 3.05) is 0 Å². The summed E-state index contributed by atoms with van der Waals surface area (Å²) in [6.07, 6.45) is 2.24. The number of guanidine groups is 1. The van der Waals surface area contributed by atoms with Crippen LogP contribution in [0.5, 0.6) is 0 Å². The number of aryl methyl sites for hydroxylation is 1. The lowest BCUT2D eigenvalue weighted by atomic mass is 10.1. The predicted octanol–water partition coefficient (Wildman–Crippen LogP) is 0.908. The fourth-order valence-corrected chi connectivity index (χ4v) is 2.08. The lowest BCUT2D eigenvalue weighted by Crippen LogP contribution is -2.24. The fraction of sp³-hybridized carbons (Fsp3) is 0.133. The number of carboxylic acid groups (broad SMARTS) is 1. The first-order chi connectivity index (χ1) is 10.5. The number of carboxylic acids is 1. The lowest BCUT2D eigenvalue weighted by Gasteiger charge is -2.09. The van der Waals surface area contributed by atoms with Crippen molar-refractivity contribution in [3.63, 3.8) is 0 Å². The number of aromatic nitrogens is 1. The Hall–Kier alpha value is -3.09. The van der Waals surface area contributed by atoms with Gasteiger partial charge in [0.15, 0.2) is 5.96 Å². The Balaban J connectivity index is 2.31. The maximum absolute atomic E-state index is 11.8. The van der Waals surface area contributed by atoms with Crippen molar-refractivity contribution in [2.24, 2.45) is 16.5 Å². The minimum atomic E-state index is -0.857. The molecular formula is C15H16N4O3. The Morgan fingerprint density at radius 2 is 1.95 bits per heavy atom. The van der Waals surface area contributed by atoms with Crippen molar-refractivity contribution in [3.8, 4) is 5.69 Å². The van der Waals surface area contributed by atoms with Gasteiger partial charge in [0.05, 0.1) is 6.42 Å². The van der Waals surface area contributed by atoms with Gasteiger partial charge in [-0.2, -0.15) is 4.99 Å². The summed E-state index contributed by atoms with van der Waals surface area (Å²) < 4.78 is 1.83. The molecule has 2 aromatic rings. The van der Waals surface area contributed by atoms with Gasteiger partial charge < -0.3 is 21.1 Å². The highest BCUT2D eigenvalue weighted by Crippen LogP contribution is 2.16. The molecule has 0 saturated carbocycles. The fourth-order valence-electron chi connectivity index (χ4n) is 2.08. The number of aliphatic carboxylic acids is 1. The standard InChI is InChI=1S/C15H16N4O3/c16-15(17)18-14(22)10-3-1-4-12(9-10)19-8-2-5-11(19)6-7-13(20)21/h1-5,8-9H,6-7H2,(H,20,21)(H4,16,17,18,22). The van der Waals surface area contributed by atoms with Crippen molar-refractivity contribution in [2.45, 2.75) is 12.8 Å². The normalized spacial score (nSPS) is 10.2. The minimum absolute atomic E-state index is 0.0383. The third-order valence-electron chi connectivity index (χ3n) is 3.03. The summed E-state index contributed by atoms with van der Waals surface area (Å²) in [4.78, 5) is 26.0. The van der Waals surface area contributed by atoms with Crippen LogP contribution in [0.15, 0.2) is 47.6 Å². The number of amides is 1. The molecule has 5 N–H and O–H groups in total. The zero-order valence-electron chi connectivity index (χ0n) is 11.8. The maximum atomic E-state index is 11.8. The Morgan fingerprint density at radius 1 is 1.18 bits per heavy atom. The zero-order valence-corrected chi connectivity index (χ0v) is 11.8. The van der Waals surface area contributed by atoms with Gasteiger partial charge in [0.1, 0.15) is 0 Å². The number of hydrogen-bond acceptors (Lipinski definition) is 2. The number of nitrogens with two attached hydrogens (primary N) is 2. The number of nitrogens with zero attached hydrogens (tertiary/aromatic N) is 2. The van der Waals surface area contributed by atoms with E-state index in [1.165, 1.54) is 0 Å². The van der Waals surface area contributed by atoms with Crippen LogP contribution in [-0.4, -0.2) is 27.5 Å². The predicted molar refractivity (Wildman–Crippen MR) is 81.9 cm³/mol. The SMILES string of the molecule is NC(N)=NC(=O)c1cccc(-n2cccc2CCC(=O)O)c1. The Bertz CT molecular complexity index is 730. The molecule has 0 unspecified atom stereocenters. The summed E-state index contributed by atoms with van der Waals surface area (Å²) in [5, 5.41) is 8.78. The highest BCUT2D eigenvalue weighted by molar-refractivity contribution is 6.02. The molecule has 0 spiro atoms. The van der Waals surface area contributed by atoms with Crippen molar-refractivity contribution in [1.29, 1.82) is 0 Å². The van der Waals surface area contributed by atoms with Crippen LogP contribution in [0, 0.1) is 0 Å². The summed E-state index contributed by atoms with van der Waals surface area (Å²) >= 11 is 0. The van der Waals surface area contributed by atoms with Gasteiger partial charge >= 0.3 is 5.97 Å². The Morgan fingerprint density at radius 3 is 2.64 bits per heavy atom. The summed E-state index contributed by atoms with van der Waals surface area (Å²) in [5.74, 6) is -1.68. The number of rotatable bonds is 5. The van der Waals surface area contributed by atoms with Crippen LogP contribution in [-0.2, 0) is 11.2 Å². The van der Waals surface area contributed by atoms with Crippen LogP contribution in [0.1, 0.15) is 22.5 Å². The van der Waals surface area contributed by atoms with Gasteiger partial charge in [-0.15, -0.1) is 0 Å². The molecule has 0 atom stereocenters. The first-order valence-corrected chi connectivity index (χ1v) is 6.60. The van der Waals surface area contributed by atoms with Crippen LogP contribution in [0.2, 0.25) is 0 Å². The molecule has 114 valence electrons. The summed E-state index contributed by atoms with van der Waals surface area (Å²) in [6, 6.07) is 10.5. The molecule has 7 nitrogen and oxygen atoms in total. The zero-order chi connectivity index (χ0) is 16.1. The summed E-state index contributed by atoms with van der Waals surface area (Å²) in [5.41, 5.74) is 12.3. The second-order valence-corrected chi connectivity index (χ2v) is 4.66. The van der Waals surface area contributed by atoms with Crippen LogP contribution in [0.3, 0.4) is 0 Å². The number of carbonyl (C=O) groups is 2. The molecule has 0 aliphatic carbocycles. The van der Waals surface area contributed by atoms with Gasteiger partial charge in [0.2, 0.25) is 0 Å². The monoisotopic (exact) mass is 300 g/mol. The van der Waals surface area contributed by atoms with E-state index in [-0.39, 0.29) is 12.4 Å². The minimum Gasteiger partial charge on any atom is -0.481 e. The van der Waals surface area contributed by atoms with E-state index in [1.807, 2.05) is 22.8 Å². The first kappa shape index (κ1) is 15.3. The summed E-state index contributed by atoms with van der Waals surface area (Å²) in [6.45, 7) is 0. The molecule has 0 bridgehead atoms. The van der Waals surface area contributed by atoms with E-state index in [9.17, 15) is 9.59 Å². The van der Waals surface area contributed by atoms with E-state index in [0.717, 1.165) is 11.4 Å². The van der Waals surface area contributed by atoms with E-state index in [1.54, 1.807) is 24.4 Å². The molecule has 1 amide bonds. The molecule has 0 fully saturated rings. The van der Waals surface area contributed by atoms with Gasteiger partial charge in [-0.3, -0.25) is 9.59 Å². The molecule has 0 radical (unpaired) electrons. The average molecular weight is 300 g/mol. The molecule has 7 heteroatoms. The highest BCUT2D eigenvalue weighted by Gasteiger charge is 2.09. The molecular weight excluding hydrogens is 284 g/mol. The smallest absolute Gasteiger partial charge is 0.303 e. The second kappa shape index (κ2) is 6.57. The highest BCUT2D eigenvalue weighted by atomic mass is 16.4. The number of carbonyl (C=O) groups excluding carboxylic acids is 1. The number of benzene rings is 1. The largest absolute Gasteiger partial charge is 0.481 e. The van der Waals surface area contributed by atoms with Gasteiger partial charge in [-0.25, -0.2) is 0 Å². The summed E-state index contributed by atoms with van der Waals surface area (Å²) in [7, 11) is 0. The Kier molecular flexibility index (Phi) is 4.57. The van der Waals surface area contributed by atoms with Gasteiger partial charge in [-0.05, 0) is 36.8 Å². The van der Waals surface area contributed by atoms with Crippen LogP contribution >= 0.6 is 0 Å². The topological polar surface area (TPSA) is 124 Å². The van der Waals surface area contributed by atoms with Gasteiger partial charge in [0.25, 0.3) is 5.91 Å². The second-order valence-electron chi connectivity index (χ2n) is 4.66. The van der Waals surface area contributed by atoms with Crippen molar-refractivity contribution in [3.05, 3.63) is 53.9 Å². The van der Waals surface area contributed by atoms with Gasteiger partial charge in [0, 0.05) is 23.1 Å². The molecule has 0 aliphatic heterocycles. The van der Waals surface area contributed by atoms with E-state index in [0.29, 0.717) is 12.0 Å². The van der Waals surface area contributed by atoms with E-state index in [2.05, 4.69) is 4.99 Å². The lowest BCUT2D eigenvalue weighted by molar-refractivity contribution is -0.136. The number of hydrogen-bond donors (Lipinski definition) is 3. The van der Waals surface area contributed by atoms with Crippen LogP contribution < -0.4 is 11.5 Å². The molecule has 1 aromatic heterocycles. The Labute approximate surface area is 126 Å². The third-order valence-corrected chi connectivity index (χ3v) is 3.03. The average Bonchev–Trinajstić information content (AvgIpc) is 2.93. The van der Waals surface area contributed by atoms with E-state index < -0.39 is 11.9 Å². The molecule has 2 rings (SSSR count). The molecule has 1 heterocycles.